The molecule has 6 heteroatoms. The molecule has 0 aromatic rings. The third-order valence-corrected chi connectivity index (χ3v) is 8.77. The van der Waals surface area contributed by atoms with Crippen LogP contribution in [0.5, 0.6) is 0 Å². The van der Waals surface area contributed by atoms with E-state index in [0.717, 1.165) is 12.8 Å². The Morgan fingerprint density at radius 3 is 1.31 bits per heavy atom. The Kier molecular flexibility index (Phi) is 9.02. The molecule has 0 bridgehead atoms. The first kappa shape index (κ1) is 25.5. The second-order valence-electron chi connectivity index (χ2n) is 11.3. The van der Waals surface area contributed by atoms with Gasteiger partial charge in [0.25, 0.3) is 0 Å². The molecule has 32 heavy (non-hydrogen) atoms. The topological polar surface area (TPSA) is 76.7 Å². The summed E-state index contributed by atoms with van der Waals surface area (Å²) in [6.45, 7) is 9.21. The van der Waals surface area contributed by atoms with Crippen LogP contribution in [0.3, 0.4) is 0 Å². The van der Waals surface area contributed by atoms with Crippen LogP contribution in [-0.4, -0.2) is 50.3 Å². The fourth-order valence-electron chi connectivity index (χ4n) is 6.48. The quantitative estimate of drug-likeness (QED) is 0.597. The monoisotopic (exact) mass is 450 g/mol. The van der Waals surface area contributed by atoms with E-state index in [2.05, 4.69) is 38.3 Å². The van der Waals surface area contributed by atoms with Crippen molar-refractivity contribution in [2.45, 2.75) is 103 Å². The van der Waals surface area contributed by atoms with Crippen molar-refractivity contribution in [3.63, 3.8) is 0 Å². The van der Waals surface area contributed by atoms with Crippen LogP contribution in [0.15, 0.2) is 0 Å². The van der Waals surface area contributed by atoms with Gasteiger partial charge in [0.2, 0.25) is 0 Å². The minimum atomic E-state index is -0.251. The molecule has 0 heterocycles. The first-order valence-corrected chi connectivity index (χ1v) is 12.9. The van der Waals surface area contributed by atoms with E-state index in [9.17, 15) is 9.59 Å². The van der Waals surface area contributed by atoms with Gasteiger partial charge in [-0.1, -0.05) is 40.5 Å². The Bertz CT molecular complexity index is 587. The predicted molar refractivity (Wildman–Crippen MR) is 126 cm³/mol. The van der Waals surface area contributed by atoms with Crippen molar-refractivity contribution >= 4 is 11.9 Å². The molecule has 0 spiro atoms. The smallest absolute Gasteiger partial charge is 0.310 e. The summed E-state index contributed by atoms with van der Waals surface area (Å²) in [7, 11) is 2.95. The van der Waals surface area contributed by atoms with Gasteiger partial charge < -0.3 is 20.1 Å². The largest absolute Gasteiger partial charge is 0.469 e. The summed E-state index contributed by atoms with van der Waals surface area (Å²) in [4.78, 5) is 25.7. The van der Waals surface area contributed by atoms with Gasteiger partial charge in [-0.3, -0.25) is 9.59 Å². The first-order valence-electron chi connectivity index (χ1n) is 12.9. The fraction of sp³-hybridized carbons (Fsp3) is 0.923. The molecule has 0 amide bonds. The van der Waals surface area contributed by atoms with Gasteiger partial charge in [-0.2, -0.15) is 0 Å². The number of ether oxygens (including phenoxy) is 2. The maximum absolute atomic E-state index is 12.9. The van der Waals surface area contributed by atoms with E-state index in [4.69, 9.17) is 9.47 Å². The Morgan fingerprint density at radius 2 is 0.969 bits per heavy atom. The summed E-state index contributed by atoms with van der Waals surface area (Å²) in [6.07, 6.45) is 8.39. The summed E-state index contributed by atoms with van der Waals surface area (Å²) in [5.74, 6) is 1.67. The third-order valence-electron chi connectivity index (χ3n) is 8.77. The van der Waals surface area contributed by atoms with E-state index in [0.29, 0.717) is 48.6 Å². The Morgan fingerprint density at radius 1 is 0.594 bits per heavy atom. The van der Waals surface area contributed by atoms with Gasteiger partial charge in [-0.15, -0.1) is 0 Å². The number of rotatable bonds is 6. The summed E-state index contributed by atoms with van der Waals surface area (Å²) in [5.41, 5.74) is 0. The lowest BCUT2D eigenvalue weighted by Crippen LogP contribution is -2.60. The van der Waals surface area contributed by atoms with Gasteiger partial charge in [0.15, 0.2) is 0 Å². The molecule has 3 saturated carbocycles. The minimum absolute atomic E-state index is 0.0648. The number of hydrogen-bond acceptors (Lipinski definition) is 6. The lowest BCUT2D eigenvalue weighted by molar-refractivity contribution is -0.155. The molecule has 2 N–H and O–H groups in total. The standard InChI is InChI=1S/C26H46N2O4/c1-15-7-9-17(3)21(11-15)27-23-13-20(26(30)32-6)24(14-19(23)25(29)31-5)28-22-12-16(2)8-10-18(22)4/h15-24,27-28H,7-14H2,1-6H3. The first-order chi connectivity index (χ1) is 15.2. The summed E-state index contributed by atoms with van der Waals surface area (Å²) >= 11 is 0. The lowest BCUT2D eigenvalue weighted by atomic mass is 9.72. The maximum Gasteiger partial charge on any atom is 0.310 e. The molecule has 3 fully saturated rings. The Balaban J connectivity index is 1.79. The van der Waals surface area contributed by atoms with Gasteiger partial charge in [0.1, 0.15) is 0 Å². The Hall–Kier alpha value is -1.14. The molecular formula is C26H46N2O4. The second-order valence-corrected chi connectivity index (χ2v) is 11.3. The average molecular weight is 451 g/mol. The zero-order valence-electron chi connectivity index (χ0n) is 21.1. The van der Waals surface area contributed by atoms with E-state index in [-0.39, 0.29) is 35.9 Å². The molecule has 0 saturated heterocycles. The number of methoxy groups -OCH3 is 2. The lowest BCUT2D eigenvalue weighted by Gasteiger charge is -2.45. The van der Waals surface area contributed by atoms with E-state index < -0.39 is 0 Å². The molecule has 10 atom stereocenters. The molecule has 0 aromatic heterocycles. The number of carbonyl (C=O) groups is 2. The van der Waals surface area contributed by atoms with Crippen LogP contribution in [-0.2, 0) is 19.1 Å². The minimum Gasteiger partial charge on any atom is -0.469 e. The van der Waals surface area contributed by atoms with Crippen molar-refractivity contribution in [2.24, 2.45) is 35.5 Å². The summed E-state index contributed by atoms with van der Waals surface area (Å²) in [5, 5.41) is 7.63. The van der Waals surface area contributed by atoms with Crippen LogP contribution in [0.25, 0.3) is 0 Å². The summed E-state index contributed by atoms with van der Waals surface area (Å²) < 4.78 is 10.5. The molecular weight excluding hydrogens is 404 g/mol. The third kappa shape index (κ3) is 6.05. The molecule has 10 unspecified atom stereocenters. The van der Waals surface area contributed by atoms with Crippen LogP contribution in [0.2, 0.25) is 0 Å². The van der Waals surface area contributed by atoms with Crippen molar-refractivity contribution in [1.29, 1.82) is 0 Å². The second kappa shape index (κ2) is 11.3. The number of carbonyl (C=O) groups excluding carboxylic acids is 2. The molecule has 0 aromatic carbocycles. The van der Waals surface area contributed by atoms with Crippen LogP contribution in [0, 0.1) is 35.5 Å². The molecule has 0 aliphatic heterocycles. The van der Waals surface area contributed by atoms with E-state index in [1.54, 1.807) is 0 Å². The van der Waals surface area contributed by atoms with Crippen LogP contribution < -0.4 is 10.6 Å². The average Bonchev–Trinajstić information content (AvgIpc) is 2.78. The number of nitrogens with one attached hydrogen (secondary N) is 2. The maximum atomic E-state index is 12.9. The number of hydrogen-bond donors (Lipinski definition) is 2. The summed E-state index contributed by atoms with van der Waals surface area (Å²) in [6, 6.07) is 0.617. The Labute approximate surface area is 194 Å². The van der Waals surface area contributed by atoms with Gasteiger partial charge in [-0.05, 0) is 62.2 Å². The van der Waals surface area contributed by atoms with E-state index >= 15 is 0 Å². The molecule has 3 rings (SSSR count). The zero-order chi connectivity index (χ0) is 23.4. The van der Waals surface area contributed by atoms with Crippen LogP contribution >= 0.6 is 0 Å². The normalized spacial score (nSPS) is 42.8. The van der Waals surface area contributed by atoms with Crippen molar-refractivity contribution in [1.82, 2.24) is 10.6 Å². The van der Waals surface area contributed by atoms with Gasteiger partial charge in [0.05, 0.1) is 26.1 Å². The van der Waals surface area contributed by atoms with Crippen molar-refractivity contribution in [2.75, 3.05) is 14.2 Å². The van der Waals surface area contributed by atoms with Gasteiger partial charge >= 0.3 is 11.9 Å². The molecule has 184 valence electrons. The van der Waals surface area contributed by atoms with Crippen molar-refractivity contribution in [3.05, 3.63) is 0 Å². The predicted octanol–water partition coefficient (Wildman–Crippen LogP) is 3.92. The van der Waals surface area contributed by atoms with Crippen molar-refractivity contribution in [3.8, 4) is 0 Å². The van der Waals surface area contributed by atoms with Gasteiger partial charge in [-0.25, -0.2) is 0 Å². The van der Waals surface area contributed by atoms with E-state index in [1.807, 2.05) is 0 Å². The number of esters is 2. The van der Waals surface area contributed by atoms with Crippen LogP contribution in [0.1, 0.15) is 79.1 Å². The molecule has 0 radical (unpaired) electrons. The van der Waals surface area contributed by atoms with Crippen LogP contribution in [0.4, 0.5) is 0 Å². The molecule has 3 aliphatic carbocycles. The highest BCUT2D eigenvalue weighted by atomic mass is 16.5. The highest BCUT2D eigenvalue weighted by Crippen LogP contribution is 2.37. The van der Waals surface area contributed by atoms with E-state index in [1.165, 1.54) is 39.9 Å². The van der Waals surface area contributed by atoms with Gasteiger partial charge in [0, 0.05) is 24.2 Å². The fourth-order valence-corrected chi connectivity index (χ4v) is 6.48. The highest BCUT2D eigenvalue weighted by molar-refractivity contribution is 5.76. The SMILES string of the molecule is COC(=O)C1CC(NC2CC(C)CCC2C)C(C(=O)OC)CC1NC1CC(C)CCC1C. The zero-order valence-corrected chi connectivity index (χ0v) is 21.1. The molecule has 6 nitrogen and oxygen atoms in total. The van der Waals surface area contributed by atoms with Crippen molar-refractivity contribution < 1.29 is 19.1 Å². The highest BCUT2D eigenvalue weighted by Gasteiger charge is 2.46. The molecule has 3 aliphatic rings.